The highest BCUT2D eigenvalue weighted by Crippen LogP contribution is 2.12. The summed E-state index contributed by atoms with van der Waals surface area (Å²) in [5.74, 6) is 0.570. The Kier molecular flexibility index (Phi) is 3.71. The molecular weight excluding hydrogens is 232 g/mol. The molecule has 0 saturated carbocycles. The second-order valence-electron chi connectivity index (χ2n) is 4.12. The van der Waals surface area contributed by atoms with Crippen LogP contribution in [0.15, 0.2) is 23.7 Å². The molecule has 0 fully saturated rings. The minimum atomic E-state index is 0.570. The molecule has 0 aromatic carbocycles. The van der Waals surface area contributed by atoms with Gasteiger partial charge in [0.15, 0.2) is 0 Å². The zero-order valence-electron chi connectivity index (χ0n) is 10.1. The van der Waals surface area contributed by atoms with Gasteiger partial charge in [-0.05, 0) is 31.7 Å². The molecule has 2 rings (SSSR count). The van der Waals surface area contributed by atoms with Gasteiger partial charge in [-0.3, -0.25) is 4.90 Å². The number of anilines is 1. The average molecular weight is 248 g/mol. The van der Waals surface area contributed by atoms with Crippen molar-refractivity contribution in [1.29, 1.82) is 0 Å². The number of rotatable bonds is 4. The summed E-state index contributed by atoms with van der Waals surface area (Å²) in [4.78, 5) is 10.6. The lowest BCUT2D eigenvalue weighted by Gasteiger charge is -2.15. The van der Waals surface area contributed by atoms with Crippen LogP contribution in [0.1, 0.15) is 16.3 Å². The average Bonchev–Trinajstić information content (AvgIpc) is 2.63. The Balaban J connectivity index is 1.95. The maximum Gasteiger partial charge on any atom is 0.123 e. The van der Waals surface area contributed by atoms with E-state index in [1.54, 1.807) is 17.5 Å². The van der Waals surface area contributed by atoms with Crippen molar-refractivity contribution in [3.05, 3.63) is 40.0 Å². The SMILES string of the molecule is Cc1nc(CN(C)Cc2ccnc(N)c2)cs1. The molecule has 2 N–H and O–H groups in total. The molecular formula is C12H16N4S. The first-order valence-electron chi connectivity index (χ1n) is 5.43. The van der Waals surface area contributed by atoms with Gasteiger partial charge in [-0.1, -0.05) is 0 Å². The minimum absolute atomic E-state index is 0.570. The van der Waals surface area contributed by atoms with Gasteiger partial charge < -0.3 is 5.73 Å². The molecule has 0 atom stereocenters. The third-order valence-corrected chi connectivity index (χ3v) is 3.22. The molecule has 0 aliphatic heterocycles. The first kappa shape index (κ1) is 12.0. The van der Waals surface area contributed by atoms with E-state index < -0.39 is 0 Å². The van der Waals surface area contributed by atoms with E-state index in [4.69, 9.17) is 5.73 Å². The smallest absolute Gasteiger partial charge is 0.123 e. The molecule has 0 bridgehead atoms. The van der Waals surface area contributed by atoms with E-state index >= 15 is 0 Å². The summed E-state index contributed by atoms with van der Waals surface area (Å²) in [6.45, 7) is 3.73. The summed E-state index contributed by atoms with van der Waals surface area (Å²) in [6, 6.07) is 3.89. The zero-order chi connectivity index (χ0) is 12.3. The van der Waals surface area contributed by atoms with Gasteiger partial charge in [-0.25, -0.2) is 9.97 Å². The molecule has 0 saturated heterocycles. The van der Waals surface area contributed by atoms with Crippen LogP contribution in [0.5, 0.6) is 0 Å². The van der Waals surface area contributed by atoms with E-state index in [9.17, 15) is 0 Å². The lowest BCUT2D eigenvalue weighted by molar-refractivity contribution is 0.315. The maximum absolute atomic E-state index is 5.65. The van der Waals surface area contributed by atoms with Gasteiger partial charge in [0, 0.05) is 24.7 Å². The molecule has 0 unspecified atom stereocenters. The van der Waals surface area contributed by atoms with E-state index in [0.29, 0.717) is 5.82 Å². The molecule has 17 heavy (non-hydrogen) atoms. The first-order chi connectivity index (χ1) is 8.13. The zero-order valence-corrected chi connectivity index (χ0v) is 10.9. The standard InChI is InChI=1S/C12H16N4S/c1-9-15-11(8-17-9)7-16(2)6-10-3-4-14-12(13)5-10/h3-5,8H,6-7H2,1-2H3,(H2,13,14). The summed E-state index contributed by atoms with van der Waals surface area (Å²) in [5.41, 5.74) is 7.95. The Labute approximate surface area is 105 Å². The molecule has 0 spiro atoms. The fourth-order valence-corrected chi connectivity index (χ4v) is 2.32. The Morgan fingerprint density at radius 1 is 1.41 bits per heavy atom. The van der Waals surface area contributed by atoms with Crippen LogP contribution in [0.25, 0.3) is 0 Å². The van der Waals surface area contributed by atoms with Crippen molar-refractivity contribution in [2.24, 2.45) is 0 Å². The second-order valence-corrected chi connectivity index (χ2v) is 5.18. The molecule has 5 heteroatoms. The molecule has 2 heterocycles. The number of hydrogen-bond acceptors (Lipinski definition) is 5. The summed E-state index contributed by atoms with van der Waals surface area (Å²) in [5, 5.41) is 3.22. The number of pyridine rings is 1. The fourth-order valence-electron chi connectivity index (χ4n) is 1.72. The van der Waals surface area contributed by atoms with Crippen LogP contribution in [-0.2, 0) is 13.1 Å². The molecule has 2 aromatic rings. The molecule has 0 aliphatic carbocycles. The van der Waals surface area contributed by atoms with Crippen LogP contribution in [0.3, 0.4) is 0 Å². The van der Waals surface area contributed by atoms with E-state index in [2.05, 4.69) is 27.3 Å². The van der Waals surface area contributed by atoms with Crippen LogP contribution < -0.4 is 5.73 Å². The predicted octanol–water partition coefficient (Wildman–Crippen LogP) is 2.06. The maximum atomic E-state index is 5.65. The summed E-state index contributed by atoms with van der Waals surface area (Å²) >= 11 is 1.69. The van der Waals surface area contributed by atoms with Gasteiger partial charge in [-0.15, -0.1) is 11.3 Å². The van der Waals surface area contributed by atoms with Gasteiger partial charge in [0.05, 0.1) is 10.7 Å². The fraction of sp³-hybridized carbons (Fsp3) is 0.333. The minimum Gasteiger partial charge on any atom is -0.384 e. The predicted molar refractivity (Wildman–Crippen MR) is 70.7 cm³/mol. The van der Waals surface area contributed by atoms with Crippen molar-refractivity contribution >= 4 is 17.2 Å². The normalized spacial score (nSPS) is 11.0. The van der Waals surface area contributed by atoms with E-state index in [1.807, 2.05) is 19.1 Å². The van der Waals surface area contributed by atoms with Gasteiger partial charge in [-0.2, -0.15) is 0 Å². The Hall–Kier alpha value is -1.46. The lowest BCUT2D eigenvalue weighted by atomic mass is 10.2. The van der Waals surface area contributed by atoms with Gasteiger partial charge in [0.25, 0.3) is 0 Å². The number of aromatic nitrogens is 2. The Morgan fingerprint density at radius 2 is 2.24 bits per heavy atom. The van der Waals surface area contributed by atoms with Crippen LogP contribution in [0, 0.1) is 6.92 Å². The van der Waals surface area contributed by atoms with E-state index in [0.717, 1.165) is 23.8 Å². The lowest BCUT2D eigenvalue weighted by Crippen LogP contribution is -2.17. The van der Waals surface area contributed by atoms with Crippen molar-refractivity contribution in [3.63, 3.8) is 0 Å². The van der Waals surface area contributed by atoms with Gasteiger partial charge in [0.1, 0.15) is 5.82 Å². The van der Waals surface area contributed by atoms with Gasteiger partial charge >= 0.3 is 0 Å². The number of nitrogens with two attached hydrogens (primary N) is 1. The summed E-state index contributed by atoms with van der Waals surface area (Å²) < 4.78 is 0. The summed E-state index contributed by atoms with van der Waals surface area (Å²) in [6.07, 6.45) is 1.74. The number of aryl methyl sites for hydroxylation is 1. The number of thiazole rings is 1. The highest BCUT2D eigenvalue weighted by Gasteiger charge is 2.04. The molecule has 0 amide bonds. The van der Waals surface area contributed by atoms with E-state index in [1.165, 1.54) is 5.56 Å². The number of nitrogens with zero attached hydrogens (tertiary/aromatic N) is 3. The number of hydrogen-bond donors (Lipinski definition) is 1. The quantitative estimate of drug-likeness (QED) is 0.900. The largest absolute Gasteiger partial charge is 0.384 e. The molecule has 0 aliphatic rings. The molecule has 90 valence electrons. The third kappa shape index (κ3) is 3.51. The van der Waals surface area contributed by atoms with Crippen molar-refractivity contribution in [2.75, 3.05) is 12.8 Å². The Bertz CT molecular complexity index is 495. The van der Waals surface area contributed by atoms with Crippen LogP contribution >= 0.6 is 11.3 Å². The molecule has 4 nitrogen and oxygen atoms in total. The van der Waals surface area contributed by atoms with E-state index in [-0.39, 0.29) is 0 Å². The third-order valence-electron chi connectivity index (χ3n) is 2.40. The van der Waals surface area contributed by atoms with Crippen LogP contribution in [0.4, 0.5) is 5.82 Å². The molecule has 0 radical (unpaired) electrons. The highest BCUT2D eigenvalue weighted by molar-refractivity contribution is 7.09. The second kappa shape index (κ2) is 5.25. The monoisotopic (exact) mass is 248 g/mol. The van der Waals surface area contributed by atoms with Crippen molar-refractivity contribution < 1.29 is 0 Å². The molecule has 2 aromatic heterocycles. The highest BCUT2D eigenvalue weighted by atomic mass is 32.1. The Morgan fingerprint density at radius 3 is 2.88 bits per heavy atom. The number of nitrogen functional groups attached to an aromatic ring is 1. The van der Waals surface area contributed by atoms with Crippen LogP contribution in [0.2, 0.25) is 0 Å². The summed E-state index contributed by atoms with van der Waals surface area (Å²) in [7, 11) is 2.07. The van der Waals surface area contributed by atoms with Crippen LogP contribution in [-0.4, -0.2) is 21.9 Å². The van der Waals surface area contributed by atoms with Gasteiger partial charge in [0.2, 0.25) is 0 Å². The van der Waals surface area contributed by atoms with Crippen molar-refractivity contribution in [1.82, 2.24) is 14.9 Å². The first-order valence-corrected chi connectivity index (χ1v) is 6.31. The topological polar surface area (TPSA) is 55.0 Å². The van der Waals surface area contributed by atoms with Crippen molar-refractivity contribution in [3.8, 4) is 0 Å². The van der Waals surface area contributed by atoms with Crippen molar-refractivity contribution in [2.45, 2.75) is 20.0 Å².